The number of amides is 1. The van der Waals surface area contributed by atoms with Gasteiger partial charge in [0.1, 0.15) is 11.8 Å². The van der Waals surface area contributed by atoms with Gasteiger partial charge in [0.2, 0.25) is 5.91 Å². The molecule has 0 bridgehead atoms. The van der Waals surface area contributed by atoms with Crippen LogP contribution in [0.25, 0.3) is 0 Å². The lowest BCUT2D eigenvalue weighted by Gasteiger charge is -2.34. The van der Waals surface area contributed by atoms with Gasteiger partial charge >= 0.3 is 0 Å². The van der Waals surface area contributed by atoms with Crippen molar-refractivity contribution in [3.63, 3.8) is 0 Å². The van der Waals surface area contributed by atoms with Gasteiger partial charge in [0, 0.05) is 25.9 Å². The Bertz CT molecular complexity index is 281. The minimum Gasteiger partial charge on any atom is -0.378 e. The molecule has 5 nitrogen and oxygen atoms in total. The number of nitrogens with one attached hydrogen (secondary N) is 1. The molecule has 104 valence electrons. The number of ketones is 1. The van der Waals surface area contributed by atoms with E-state index in [9.17, 15) is 9.59 Å². The van der Waals surface area contributed by atoms with E-state index < -0.39 is 0 Å². The lowest BCUT2D eigenvalue weighted by atomic mass is 10.1. The summed E-state index contributed by atoms with van der Waals surface area (Å²) in [5.41, 5.74) is 0. The van der Waals surface area contributed by atoms with Gasteiger partial charge in [0.15, 0.2) is 0 Å². The zero-order valence-electron chi connectivity index (χ0n) is 11.4. The first-order chi connectivity index (χ1) is 8.69. The second kappa shape index (κ2) is 8.21. The summed E-state index contributed by atoms with van der Waals surface area (Å²) in [5.74, 6) is 0.317. The van der Waals surface area contributed by atoms with Gasteiger partial charge < -0.3 is 10.1 Å². The molecule has 1 N–H and O–H groups in total. The Labute approximate surface area is 109 Å². The van der Waals surface area contributed by atoms with Crippen LogP contribution in [0.2, 0.25) is 0 Å². The number of hydrogen-bond donors (Lipinski definition) is 1. The fraction of sp³-hybridized carbons (Fsp3) is 0.846. The highest BCUT2D eigenvalue weighted by Gasteiger charge is 2.28. The van der Waals surface area contributed by atoms with Crippen LogP contribution < -0.4 is 5.32 Å². The second-order valence-corrected chi connectivity index (χ2v) is 4.52. The predicted molar refractivity (Wildman–Crippen MR) is 69.4 cm³/mol. The molecule has 1 aliphatic heterocycles. The summed E-state index contributed by atoms with van der Waals surface area (Å²) in [6, 6.07) is -0.199. The van der Waals surface area contributed by atoms with E-state index in [-0.39, 0.29) is 17.7 Å². The topological polar surface area (TPSA) is 58.6 Å². The summed E-state index contributed by atoms with van der Waals surface area (Å²) in [4.78, 5) is 25.2. The first-order valence-corrected chi connectivity index (χ1v) is 6.80. The van der Waals surface area contributed by atoms with E-state index in [4.69, 9.17) is 4.74 Å². The maximum absolute atomic E-state index is 11.9. The molecule has 0 aromatic carbocycles. The van der Waals surface area contributed by atoms with Crippen molar-refractivity contribution in [2.45, 2.75) is 39.2 Å². The van der Waals surface area contributed by atoms with Crippen molar-refractivity contribution in [1.29, 1.82) is 0 Å². The van der Waals surface area contributed by atoms with E-state index >= 15 is 0 Å². The van der Waals surface area contributed by atoms with Crippen LogP contribution in [0.4, 0.5) is 0 Å². The maximum Gasteiger partial charge on any atom is 0.239 e. The molecule has 0 aliphatic carbocycles. The number of carbonyl (C=O) groups excluding carboxylic acids is 2. The molecule has 0 radical (unpaired) electrons. The average molecular weight is 256 g/mol. The first kappa shape index (κ1) is 15.1. The number of ether oxygens (including phenoxy) is 1. The number of hydrogen-bond acceptors (Lipinski definition) is 4. The Kier molecular flexibility index (Phi) is 6.90. The van der Waals surface area contributed by atoms with Crippen LogP contribution in [0, 0.1) is 0 Å². The number of carbonyl (C=O) groups is 2. The lowest BCUT2D eigenvalue weighted by molar-refractivity contribution is -0.132. The van der Waals surface area contributed by atoms with Crippen molar-refractivity contribution in [3.8, 4) is 0 Å². The van der Waals surface area contributed by atoms with Gasteiger partial charge in [-0.05, 0) is 19.9 Å². The predicted octanol–water partition coefficient (Wildman–Crippen LogP) is 0.583. The van der Waals surface area contributed by atoms with Crippen molar-refractivity contribution in [2.75, 3.05) is 32.8 Å². The molecule has 5 heteroatoms. The van der Waals surface area contributed by atoms with Crippen LogP contribution in [-0.2, 0) is 14.3 Å². The van der Waals surface area contributed by atoms with E-state index in [1.165, 1.54) is 0 Å². The van der Waals surface area contributed by atoms with E-state index in [1.54, 1.807) is 0 Å². The molecule has 1 amide bonds. The van der Waals surface area contributed by atoms with Crippen LogP contribution in [0.5, 0.6) is 0 Å². The van der Waals surface area contributed by atoms with Crippen LogP contribution >= 0.6 is 0 Å². The molecule has 0 aromatic heterocycles. The third-order valence-electron chi connectivity index (χ3n) is 3.19. The highest BCUT2D eigenvalue weighted by Crippen LogP contribution is 2.09. The monoisotopic (exact) mass is 256 g/mol. The molecule has 1 rings (SSSR count). The second-order valence-electron chi connectivity index (χ2n) is 4.52. The van der Waals surface area contributed by atoms with Gasteiger partial charge in [-0.1, -0.05) is 6.92 Å². The largest absolute Gasteiger partial charge is 0.378 e. The zero-order chi connectivity index (χ0) is 13.4. The van der Waals surface area contributed by atoms with E-state index in [0.717, 1.165) is 19.5 Å². The van der Waals surface area contributed by atoms with Crippen molar-refractivity contribution in [2.24, 2.45) is 0 Å². The Hall–Kier alpha value is -0.940. The molecule has 1 aliphatic rings. The Morgan fingerprint density at radius 1 is 1.39 bits per heavy atom. The van der Waals surface area contributed by atoms with Gasteiger partial charge in [0.05, 0.1) is 13.2 Å². The van der Waals surface area contributed by atoms with Gasteiger partial charge in [-0.3, -0.25) is 14.5 Å². The van der Waals surface area contributed by atoms with E-state index in [0.29, 0.717) is 32.6 Å². The molecule has 0 saturated carbocycles. The van der Waals surface area contributed by atoms with Crippen molar-refractivity contribution in [3.05, 3.63) is 0 Å². The van der Waals surface area contributed by atoms with Gasteiger partial charge in [0.25, 0.3) is 0 Å². The van der Waals surface area contributed by atoms with Gasteiger partial charge in [-0.25, -0.2) is 0 Å². The Morgan fingerprint density at radius 2 is 2.17 bits per heavy atom. The zero-order valence-corrected chi connectivity index (χ0v) is 11.4. The molecule has 1 fully saturated rings. The molecule has 1 atom stereocenters. The standard InChI is InChI=1S/C13H24N2O3/c1-3-11(16)6-5-7-15-8-9-18-10-12(15)13(17)14-4-2/h12H,3-10H2,1-2H3,(H,14,17). The number of Topliss-reactive ketones (excluding diaryl/α,β-unsaturated/α-hetero) is 1. The van der Waals surface area contributed by atoms with Crippen LogP contribution in [0.1, 0.15) is 33.1 Å². The normalized spacial score (nSPS) is 20.7. The summed E-state index contributed by atoms with van der Waals surface area (Å²) in [6.45, 7) is 7.10. The summed E-state index contributed by atoms with van der Waals surface area (Å²) in [5, 5.41) is 2.83. The van der Waals surface area contributed by atoms with Crippen molar-refractivity contribution in [1.82, 2.24) is 10.2 Å². The molecule has 18 heavy (non-hydrogen) atoms. The molecule has 0 aromatic rings. The van der Waals surface area contributed by atoms with E-state index in [2.05, 4.69) is 10.2 Å². The number of rotatable bonds is 7. The minimum atomic E-state index is -0.199. The smallest absolute Gasteiger partial charge is 0.239 e. The quantitative estimate of drug-likeness (QED) is 0.724. The molecular formula is C13H24N2O3. The third-order valence-corrected chi connectivity index (χ3v) is 3.19. The first-order valence-electron chi connectivity index (χ1n) is 6.80. The fourth-order valence-corrected chi connectivity index (χ4v) is 2.10. The van der Waals surface area contributed by atoms with Crippen LogP contribution in [0.15, 0.2) is 0 Å². The fourth-order valence-electron chi connectivity index (χ4n) is 2.10. The van der Waals surface area contributed by atoms with E-state index in [1.807, 2.05) is 13.8 Å². The van der Waals surface area contributed by atoms with Gasteiger partial charge in [-0.15, -0.1) is 0 Å². The highest BCUT2D eigenvalue weighted by molar-refractivity contribution is 5.82. The molecule has 1 unspecified atom stereocenters. The van der Waals surface area contributed by atoms with Gasteiger partial charge in [-0.2, -0.15) is 0 Å². The minimum absolute atomic E-state index is 0.0269. The summed E-state index contributed by atoms with van der Waals surface area (Å²) in [6.07, 6.45) is 2.03. The summed E-state index contributed by atoms with van der Waals surface area (Å²) in [7, 11) is 0. The lowest BCUT2D eigenvalue weighted by Crippen LogP contribution is -2.53. The maximum atomic E-state index is 11.9. The number of nitrogens with zero attached hydrogens (tertiary/aromatic N) is 1. The van der Waals surface area contributed by atoms with Crippen LogP contribution in [0.3, 0.4) is 0 Å². The summed E-state index contributed by atoms with van der Waals surface area (Å²) < 4.78 is 5.36. The molecule has 1 heterocycles. The summed E-state index contributed by atoms with van der Waals surface area (Å²) >= 11 is 0. The Morgan fingerprint density at radius 3 is 2.83 bits per heavy atom. The number of likely N-dealkylation sites (N-methyl/N-ethyl adjacent to an activating group) is 1. The number of morpholine rings is 1. The molecular weight excluding hydrogens is 232 g/mol. The molecule has 1 saturated heterocycles. The van der Waals surface area contributed by atoms with Crippen LogP contribution in [-0.4, -0.2) is 55.5 Å². The SMILES string of the molecule is CCNC(=O)C1COCCN1CCCC(=O)CC. The third kappa shape index (κ3) is 4.74. The Balaban J connectivity index is 2.39. The van der Waals surface area contributed by atoms with Crippen molar-refractivity contribution < 1.29 is 14.3 Å². The average Bonchev–Trinajstić information content (AvgIpc) is 2.39. The molecule has 0 spiro atoms. The van der Waals surface area contributed by atoms with Crippen molar-refractivity contribution >= 4 is 11.7 Å². The highest BCUT2D eigenvalue weighted by atomic mass is 16.5.